The van der Waals surface area contributed by atoms with Crippen LogP contribution in [0.4, 0.5) is 11.4 Å². The number of hydrogen-bond donors (Lipinski definition) is 1. The Morgan fingerprint density at radius 3 is 2.43 bits per heavy atom. The third-order valence-corrected chi connectivity index (χ3v) is 3.51. The number of nitrogens with one attached hydrogen (secondary N) is 1. The molecule has 0 aliphatic rings. The van der Waals surface area contributed by atoms with Gasteiger partial charge in [-0.1, -0.05) is 12.1 Å². The highest BCUT2D eigenvalue weighted by molar-refractivity contribution is 6.05. The molecule has 2 rings (SSSR count). The Hall–Kier alpha value is -2.69. The van der Waals surface area contributed by atoms with Gasteiger partial charge in [-0.15, -0.1) is 0 Å². The molecule has 21 heavy (non-hydrogen) atoms. The monoisotopic (exact) mass is 284 g/mol. The minimum absolute atomic E-state index is 0.0530. The lowest BCUT2D eigenvalue weighted by molar-refractivity contribution is -0.385. The van der Waals surface area contributed by atoms with E-state index in [1.165, 1.54) is 12.1 Å². The summed E-state index contributed by atoms with van der Waals surface area (Å²) in [6.07, 6.45) is 0. The average molecular weight is 284 g/mol. The molecule has 0 saturated heterocycles. The number of anilines is 1. The second-order valence-corrected chi connectivity index (χ2v) is 4.96. The Kier molecular flexibility index (Phi) is 4.03. The quantitative estimate of drug-likeness (QED) is 0.688. The van der Waals surface area contributed by atoms with Gasteiger partial charge in [0.1, 0.15) is 0 Å². The molecule has 0 aliphatic carbocycles. The Morgan fingerprint density at radius 1 is 1.10 bits per heavy atom. The summed E-state index contributed by atoms with van der Waals surface area (Å²) in [7, 11) is 0. The van der Waals surface area contributed by atoms with Gasteiger partial charge in [-0.3, -0.25) is 14.9 Å². The van der Waals surface area contributed by atoms with Crippen LogP contribution in [0.2, 0.25) is 0 Å². The highest BCUT2D eigenvalue weighted by Gasteiger charge is 2.17. The Bertz CT molecular complexity index is 723. The normalized spacial score (nSPS) is 10.2. The fraction of sp³-hybridized carbons (Fsp3) is 0.188. The maximum atomic E-state index is 12.3. The van der Waals surface area contributed by atoms with Crippen molar-refractivity contribution < 1.29 is 9.72 Å². The summed E-state index contributed by atoms with van der Waals surface area (Å²) >= 11 is 0. The molecule has 0 unspecified atom stereocenters. The summed E-state index contributed by atoms with van der Waals surface area (Å²) in [5.74, 6) is -0.348. The van der Waals surface area contributed by atoms with E-state index >= 15 is 0 Å². The number of nitro groups is 1. The molecule has 2 aromatic carbocycles. The van der Waals surface area contributed by atoms with Crippen molar-refractivity contribution in [3.63, 3.8) is 0 Å². The number of nitrogens with zero attached hydrogens (tertiary/aromatic N) is 1. The lowest BCUT2D eigenvalue weighted by Crippen LogP contribution is -2.14. The van der Waals surface area contributed by atoms with Crippen molar-refractivity contribution in [3.8, 4) is 0 Å². The van der Waals surface area contributed by atoms with E-state index in [0.717, 1.165) is 11.1 Å². The van der Waals surface area contributed by atoms with Gasteiger partial charge in [0.05, 0.1) is 4.92 Å². The third kappa shape index (κ3) is 3.08. The molecule has 5 heteroatoms. The van der Waals surface area contributed by atoms with Crippen molar-refractivity contribution in [1.82, 2.24) is 0 Å². The summed E-state index contributed by atoms with van der Waals surface area (Å²) in [6.45, 7) is 5.53. The van der Waals surface area contributed by atoms with Gasteiger partial charge >= 0.3 is 0 Å². The molecule has 0 atom stereocenters. The highest BCUT2D eigenvalue weighted by atomic mass is 16.6. The second kappa shape index (κ2) is 5.75. The minimum atomic E-state index is -0.484. The van der Waals surface area contributed by atoms with Gasteiger partial charge in [-0.25, -0.2) is 0 Å². The highest BCUT2D eigenvalue weighted by Crippen LogP contribution is 2.22. The largest absolute Gasteiger partial charge is 0.322 e. The zero-order valence-electron chi connectivity index (χ0n) is 12.1. The first kappa shape index (κ1) is 14.7. The summed E-state index contributed by atoms with van der Waals surface area (Å²) in [4.78, 5) is 22.7. The number of carbonyl (C=O) groups is 1. The molecule has 0 fully saturated rings. The molecule has 108 valence electrons. The SMILES string of the molecule is Cc1ccc(NC(=O)c2cccc([N+](=O)[O-])c2C)cc1C. The van der Waals surface area contributed by atoms with Gasteiger partial charge in [-0.2, -0.15) is 0 Å². The van der Waals surface area contributed by atoms with Crippen LogP contribution < -0.4 is 5.32 Å². The predicted octanol–water partition coefficient (Wildman–Crippen LogP) is 3.77. The van der Waals surface area contributed by atoms with Crippen LogP contribution in [0.25, 0.3) is 0 Å². The van der Waals surface area contributed by atoms with E-state index in [4.69, 9.17) is 0 Å². The van der Waals surface area contributed by atoms with Gasteiger partial charge in [0.2, 0.25) is 0 Å². The molecule has 0 heterocycles. The molecule has 0 bridgehead atoms. The van der Waals surface area contributed by atoms with Crippen molar-refractivity contribution in [1.29, 1.82) is 0 Å². The lowest BCUT2D eigenvalue weighted by Gasteiger charge is -2.09. The summed E-state index contributed by atoms with van der Waals surface area (Å²) in [5.41, 5.74) is 3.51. The van der Waals surface area contributed by atoms with Crippen LogP contribution in [0.1, 0.15) is 27.0 Å². The van der Waals surface area contributed by atoms with Crippen LogP contribution in [0.3, 0.4) is 0 Å². The van der Waals surface area contributed by atoms with Gasteiger partial charge in [0.25, 0.3) is 11.6 Å². The second-order valence-electron chi connectivity index (χ2n) is 4.96. The van der Waals surface area contributed by atoms with E-state index in [-0.39, 0.29) is 11.6 Å². The van der Waals surface area contributed by atoms with Crippen molar-refractivity contribution in [2.45, 2.75) is 20.8 Å². The number of hydrogen-bond acceptors (Lipinski definition) is 3. The molecule has 0 radical (unpaired) electrons. The lowest BCUT2D eigenvalue weighted by atomic mass is 10.1. The Morgan fingerprint density at radius 2 is 1.81 bits per heavy atom. The first-order chi connectivity index (χ1) is 9.90. The number of aryl methyl sites for hydroxylation is 2. The van der Waals surface area contributed by atoms with Crippen LogP contribution in [0, 0.1) is 30.9 Å². The Balaban J connectivity index is 2.30. The van der Waals surface area contributed by atoms with Crippen LogP contribution in [0.15, 0.2) is 36.4 Å². The molecular weight excluding hydrogens is 268 g/mol. The van der Waals surface area contributed by atoms with Crippen LogP contribution >= 0.6 is 0 Å². The van der Waals surface area contributed by atoms with Crippen LogP contribution in [-0.4, -0.2) is 10.8 Å². The van der Waals surface area contributed by atoms with E-state index in [2.05, 4.69) is 5.32 Å². The van der Waals surface area contributed by atoms with Crippen molar-refractivity contribution in [2.24, 2.45) is 0 Å². The summed E-state index contributed by atoms with van der Waals surface area (Å²) in [6, 6.07) is 10.1. The van der Waals surface area contributed by atoms with Crippen molar-refractivity contribution in [2.75, 3.05) is 5.32 Å². The van der Waals surface area contributed by atoms with Gasteiger partial charge in [0.15, 0.2) is 0 Å². The molecule has 0 aromatic heterocycles. The summed E-state index contributed by atoms with van der Waals surface area (Å²) in [5, 5.41) is 13.7. The number of carbonyl (C=O) groups excluding carboxylic acids is 1. The Labute approximate surface area is 122 Å². The maximum absolute atomic E-state index is 12.3. The molecule has 0 aliphatic heterocycles. The third-order valence-electron chi connectivity index (χ3n) is 3.51. The van der Waals surface area contributed by atoms with Crippen LogP contribution in [0.5, 0.6) is 0 Å². The standard InChI is InChI=1S/C16H16N2O3/c1-10-7-8-13(9-11(10)2)17-16(19)14-5-4-6-15(12(14)3)18(20)21/h4-9H,1-3H3,(H,17,19). The van der Waals surface area contributed by atoms with E-state index in [1.807, 2.05) is 32.0 Å². The summed E-state index contributed by atoms with van der Waals surface area (Å²) < 4.78 is 0. The van der Waals surface area contributed by atoms with Gasteiger partial charge in [-0.05, 0) is 50.1 Å². The number of amides is 1. The topological polar surface area (TPSA) is 72.2 Å². The van der Waals surface area contributed by atoms with E-state index in [0.29, 0.717) is 16.8 Å². The fourth-order valence-corrected chi connectivity index (χ4v) is 2.08. The maximum Gasteiger partial charge on any atom is 0.273 e. The van der Waals surface area contributed by atoms with Gasteiger partial charge < -0.3 is 5.32 Å². The molecule has 1 amide bonds. The number of benzene rings is 2. The molecule has 2 aromatic rings. The van der Waals surface area contributed by atoms with E-state index in [9.17, 15) is 14.9 Å². The number of nitro benzene ring substituents is 1. The van der Waals surface area contributed by atoms with Crippen molar-refractivity contribution in [3.05, 3.63) is 68.8 Å². The fourth-order valence-electron chi connectivity index (χ4n) is 2.08. The average Bonchev–Trinajstić information content (AvgIpc) is 2.42. The van der Waals surface area contributed by atoms with E-state index in [1.54, 1.807) is 13.0 Å². The zero-order chi connectivity index (χ0) is 15.6. The molecule has 0 spiro atoms. The van der Waals surface area contributed by atoms with Crippen molar-refractivity contribution >= 4 is 17.3 Å². The minimum Gasteiger partial charge on any atom is -0.322 e. The smallest absolute Gasteiger partial charge is 0.273 e. The van der Waals surface area contributed by atoms with E-state index < -0.39 is 4.92 Å². The molecule has 5 nitrogen and oxygen atoms in total. The molecular formula is C16H16N2O3. The molecule has 0 saturated carbocycles. The zero-order valence-corrected chi connectivity index (χ0v) is 12.1. The first-order valence-electron chi connectivity index (χ1n) is 6.52. The first-order valence-corrected chi connectivity index (χ1v) is 6.52. The predicted molar refractivity (Wildman–Crippen MR) is 81.7 cm³/mol. The van der Waals surface area contributed by atoms with Gasteiger partial charge in [0, 0.05) is 22.9 Å². The molecule has 1 N–H and O–H groups in total. The van der Waals surface area contributed by atoms with Crippen LogP contribution in [-0.2, 0) is 0 Å². The number of rotatable bonds is 3.